The number of likely N-dealkylation sites (tertiary alicyclic amines) is 1. The van der Waals surface area contributed by atoms with Crippen LogP contribution in [-0.4, -0.2) is 34.1 Å². The molecule has 0 aliphatic carbocycles. The van der Waals surface area contributed by atoms with E-state index < -0.39 is 0 Å². The van der Waals surface area contributed by atoms with Gasteiger partial charge in [-0.05, 0) is 38.1 Å². The maximum Gasteiger partial charge on any atom is 0.0951 e. The molecule has 1 aliphatic heterocycles. The topological polar surface area (TPSA) is 47.1 Å². The van der Waals surface area contributed by atoms with Crippen molar-refractivity contribution < 1.29 is 0 Å². The molecule has 2 N–H and O–H groups in total. The minimum Gasteiger partial charge on any atom is -0.331 e. The third-order valence-electron chi connectivity index (χ3n) is 4.70. The second-order valence-corrected chi connectivity index (χ2v) is 7.42. The summed E-state index contributed by atoms with van der Waals surface area (Å²) in [5.41, 5.74) is 7.73. The van der Waals surface area contributed by atoms with Crippen molar-refractivity contribution in [2.75, 3.05) is 19.6 Å². The number of hydrogen-bond acceptors (Lipinski definition) is 3. The fourth-order valence-electron chi connectivity index (χ4n) is 3.24. The van der Waals surface area contributed by atoms with E-state index in [1.165, 1.54) is 12.1 Å². The molecule has 0 bridgehead atoms. The van der Waals surface area contributed by atoms with Crippen molar-refractivity contribution in [2.45, 2.75) is 53.1 Å². The smallest absolute Gasteiger partial charge is 0.0951 e. The Labute approximate surface area is 123 Å². The predicted molar refractivity (Wildman–Crippen MR) is 83.5 cm³/mol. The highest BCUT2D eigenvalue weighted by Gasteiger charge is 2.35. The minimum absolute atomic E-state index is 0.298. The van der Waals surface area contributed by atoms with Crippen LogP contribution in [0.15, 0.2) is 12.5 Å². The van der Waals surface area contributed by atoms with Crippen LogP contribution in [0.4, 0.5) is 0 Å². The number of nitrogens with zero attached hydrogens (tertiary/aromatic N) is 3. The number of rotatable bonds is 4. The van der Waals surface area contributed by atoms with E-state index in [1.54, 1.807) is 0 Å². The molecular formula is C16H30N4. The Bertz CT molecular complexity index is 430. The van der Waals surface area contributed by atoms with Gasteiger partial charge in [-0.2, -0.15) is 0 Å². The molecule has 0 radical (unpaired) electrons. The Balaban J connectivity index is 2.16. The number of imidazole rings is 1. The van der Waals surface area contributed by atoms with Gasteiger partial charge in [-0.3, -0.25) is 4.90 Å². The van der Waals surface area contributed by atoms with Crippen molar-refractivity contribution in [1.29, 1.82) is 0 Å². The summed E-state index contributed by atoms with van der Waals surface area (Å²) in [5.74, 6) is 0.756. The molecular weight excluding hydrogens is 248 g/mol. The molecule has 1 fully saturated rings. The standard InChI is InChI=1S/C16H30N4/c1-12(2)20-11-18-9-15(20)14(8-17)19-7-6-13(10-19)16(3,4)5/h9,11-14H,6-8,10,17H2,1-5H3. The van der Waals surface area contributed by atoms with Gasteiger partial charge < -0.3 is 10.3 Å². The summed E-state index contributed by atoms with van der Waals surface area (Å²) in [6.07, 6.45) is 5.19. The van der Waals surface area contributed by atoms with E-state index in [0.717, 1.165) is 19.0 Å². The lowest BCUT2D eigenvalue weighted by atomic mass is 9.80. The Morgan fingerprint density at radius 3 is 2.60 bits per heavy atom. The number of nitrogens with two attached hydrogens (primary N) is 1. The molecule has 1 aromatic heterocycles. The third-order valence-corrected chi connectivity index (χ3v) is 4.70. The average Bonchev–Trinajstić information content (AvgIpc) is 2.97. The molecule has 0 saturated carbocycles. The van der Waals surface area contributed by atoms with Crippen molar-refractivity contribution in [3.63, 3.8) is 0 Å². The van der Waals surface area contributed by atoms with Gasteiger partial charge in [-0.15, -0.1) is 0 Å². The Morgan fingerprint density at radius 1 is 1.40 bits per heavy atom. The molecule has 2 heterocycles. The Hall–Kier alpha value is -0.870. The first-order chi connectivity index (χ1) is 9.34. The van der Waals surface area contributed by atoms with Crippen molar-refractivity contribution >= 4 is 0 Å². The first-order valence-corrected chi connectivity index (χ1v) is 7.80. The van der Waals surface area contributed by atoms with Gasteiger partial charge >= 0.3 is 0 Å². The van der Waals surface area contributed by atoms with Crippen LogP contribution in [-0.2, 0) is 0 Å². The quantitative estimate of drug-likeness (QED) is 0.921. The lowest BCUT2D eigenvalue weighted by Crippen LogP contribution is -2.35. The predicted octanol–water partition coefficient (Wildman–Crippen LogP) is 2.83. The van der Waals surface area contributed by atoms with Crippen LogP contribution < -0.4 is 5.73 Å². The third kappa shape index (κ3) is 3.07. The van der Waals surface area contributed by atoms with Gasteiger partial charge in [0.15, 0.2) is 0 Å². The second-order valence-electron chi connectivity index (χ2n) is 7.42. The van der Waals surface area contributed by atoms with Crippen LogP contribution in [0.3, 0.4) is 0 Å². The van der Waals surface area contributed by atoms with Crippen molar-refractivity contribution in [3.05, 3.63) is 18.2 Å². The van der Waals surface area contributed by atoms with Gasteiger partial charge in [0, 0.05) is 25.3 Å². The summed E-state index contributed by atoms with van der Waals surface area (Å²) in [5, 5.41) is 0. The molecule has 2 unspecified atom stereocenters. The summed E-state index contributed by atoms with van der Waals surface area (Å²) in [4.78, 5) is 6.88. The van der Waals surface area contributed by atoms with Crippen molar-refractivity contribution in [1.82, 2.24) is 14.5 Å². The van der Waals surface area contributed by atoms with Crippen LogP contribution in [0.25, 0.3) is 0 Å². The molecule has 2 rings (SSSR count). The maximum absolute atomic E-state index is 6.08. The average molecular weight is 278 g/mol. The number of hydrogen-bond donors (Lipinski definition) is 1. The number of aromatic nitrogens is 2. The van der Waals surface area contributed by atoms with E-state index >= 15 is 0 Å². The molecule has 0 amide bonds. The van der Waals surface area contributed by atoms with Crippen molar-refractivity contribution in [3.8, 4) is 0 Å². The summed E-state index contributed by atoms with van der Waals surface area (Å²) >= 11 is 0. The fourth-order valence-corrected chi connectivity index (χ4v) is 3.24. The SMILES string of the molecule is CC(C)n1cncc1C(CN)N1CCC(C(C)(C)C)C1. The van der Waals surface area contributed by atoms with Crippen LogP contribution >= 0.6 is 0 Å². The highest BCUT2D eigenvalue weighted by Crippen LogP contribution is 2.37. The molecule has 114 valence electrons. The molecule has 1 aromatic rings. The monoisotopic (exact) mass is 278 g/mol. The van der Waals surface area contributed by atoms with E-state index in [9.17, 15) is 0 Å². The summed E-state index contributed by atoms with van der Waals surface area (Å²) in [6.45, 7) is 14.4. The lowest BCUT2D eigenvalue weighted by Gasteiger charge is -2.31. The van der Waals surface area contributed by atoms with Crippen LogP contribution in [0.2, 0.25) is 0 Å². The van der Waals surface area contributed by atoms with E-state index in [4.69, 9.17) is 5.73 Å². The molecule has 0 spiro atoms. The van der Waals surface area contributed by atoms with Crippen LogP contribution in [0.5, 0.6) is 0 Å². The van der Waals surface area contributed by atoms with Gasteiger partial charge in [-0.1, -0.05) is 20.8 Å². The highest BCUT2D eigenvalue weighted by atomic mass is 15.2. The maximum atomic E-state index is 6.08. The van der Waals surface area contributed by atoms with E-state index in [1.807, 2.05) is 12.5 Å². The minimum atomic E-state index is 0.298. The highest BCUT2D eigenvalue weighted by molar-refractivity contribution is 5.09. The Morgan fingerprint density at radius 2 is 2.10 bits per heavy atom. The first kappa shape index (κ1) is 15.5. The summed E-state index contributed by atoms with van der Waals surface area (Å²) in [6, 6.07) is 0.731. The molecule has 20 heavy (non-hydrogen) atoms. The van der Waals surface area contributed by atoms with Gasteiger partial charge in [0.25, 0.3) is 0 Å². The zero-order valence-corrected chi connectivity index (χ0v) is 13.6. The van der Waals surface area contributed by atoms with Crippen molar-refractivity contribution in [2.24, 2.45) is 17.1 Å². The van der Waals surface area contributed by atoms with Crippen LogP contribution in [0, 0.1) is 11.3 Å². The first-order valence-electron chi connectivity index (χ1n) is 7.80. The molecule has 1 saturated heterocycles. The van der Waals surface area contributed by atoms with E-state index in [-0.39, 0.29) is 0 Å². The molecule has 1 aliphatic rings. The van der Waals surface area contributed by atoms with E-state index in [0.29, 0.717) is 24.0 Å². The molecule has 4 nitrogen and oxygen atoms in total. The zero-order valence-electron chi connectivity index (χ0n) is 13.6. The largest absolute Gasteiger partial charge is 0.331 e. The van der Waals surface area contributed by atoms with E-state index in [2.05, 4.69) is 49.1 Å². The molecule has 4 heteroatoms. The second kappa shape index (κ2) is 5.86. The zero-order chi connectivity index (χ0) is 14.9. The molecule has 0 aromatic carbocycles. The van der Waals surface area contributed by atoms with Crippen LogP contribution in [0.1, 0.15) is 58.8 Å². The van der Waals surface area contributed by atoms with Gasteiger partial charge in [0.05, 0.1) is 18.1 Å². The fraction of sp³-hybridized carbons (Fsp3) is 0.812. The molecule has 2 atom stereocenters. The Kier molecular flexibility index (Phi) is 4.55. The summed E-state index contributed by atoms with van der Waals surface area (Å²) < 4.78 is 2.25. The summed E-state index contributed by atoms with van der Waals surface area (Å²) in [7, 11) is 0. The van der Waals surface area contributed by atoms with Gasteiger partial charge in [0.1, 0.15) is 0 Å². The normalized spacial score (nSPS) is 22.6. The van der Waals surface area contributed by atoms with Gasteiger partial charge in [-0.25, -0.2) is 4.98 Å². The lowest BCUT2D eigenvalue weighted by molar-refractivity contribution is 0.192. The van der Waals surface area contributed by atoms with Gasteiger partial charge in [0.2, 0.25) is 0 Å².